The molecule has 0 radical (unpaired) electrons. The summed E-state index contributed by atoms with van der Waals surface area (Å²) in [4.78, 5) is 2.36. The van der Waals surface area contributed by atoms with Gasteiger partial charge in [-0.2, -0.15) is 0 Å². The Morgan fingerprint density at radius 2 is 2.00 bits per heavy atom. The van der Waals surface area contributed by atoms with Gasteiger partial charge < -0.3 is 15.3 Å². The van der Waals surface area contributed by atoms with Crippen LogP contribution in [-0.2, 0) is 6.54 Å². The van der Waals surface area contributed by atoms with Gasteiger partial charge in [-0.15, -0.1) is 0 Å². The predicted molar refractivity (Wildman–Crippen MR) is 83.9 cm³/mol. The Labute approximate surface area is 123 Å². The molecule has 2 N–H and O–H groups in total. The first-order valence-corrected chi connectivity index (χ1v) is 7.79. The quantitative estimate of drug-likeness (QED) is 0.835. The molecule has 0 unspecified atom stereocenters. The van der Waals surface area contributed by atoms with Crippen LogP contribution in [0.25, 0.3) is 0 Å². The number of aliphatic hydroxyl groups excluding tert-OH is 1. The van der Waals surface area contributed by atoms with Gasteiger partial charge in [-0.1, -0.05) is 23.8 Å². The zero-order valence-corrected chi connectivity index (χ0v) is 12.9. The fourth-order valence-corrected chi connectivity index (χ4v) is 2.96. The van der Waals surface area contributed by atoms with Gasteiger partial charge in [0.05, 0.1) is 6.61 Å². The van der Waals surface area contributed by atoms with Gasteiger partial charge in [-0.3, -0.25) is 0 Å². The van der Waals surface area contributed by atoms with Gasteiger partial charge in [0.1, 0.15) is 0 Å². The Morgan fingerprint density at radius 3 is 2.70 bits per heavy atom. The van der Waals surface area contributed by atoms with Crippen molar-refractivity contribution >= 4 is 0 Å². The van der Waals surface area contributed by atoms with Crippen LogP contribution in [0, 0.1) is 19.8 Å². The van der Waals surface area contributed by atoms with Gasteiger partial charge in [-0.25, -0.2) is 0 Å². The largest absolute Gasteiger partial charge is 0.395 e. The molecule has 1 aliphatic rings. The third kappa shape index (κ3) is 4.58. The highest BCUT2D eigenvalue weighted by molar-refractivity contribution is 5.30. The lowest BCUT2D eigenvalue weighted by molar-refractivity contribution is 0.146. The van der Waals surface area contributed by atoms with Crippen molar-refractivity contribution in [2.24, 2.45) is 5.92 Å². The van der Waals surface area contributed by atoms with E-state index in [0.717, 1.165) is 38.6 Å². The predicted octanol–water partition coefficient (Wildman–Crippen LogP) is 2.10. The van der Waals surface area contributed by atoms with Crippen LogP contribution in [0.3, 0.4) is 0 Å². The molecular formula is C17H28N2O. The van der Waals surface area contributed by atoms with Crippen LogP contribution in [-0.4, -0.2) is 42.8 Å². The molecule has 3 heteroatoms. The van der Waals surface area contributed by atoms with E-state index in [2.05, 4.69) is 42.3 Å². The number of rotatable bonds is 6. The number of aryl methyl sites for hydroxylation is 2. The van der Waals surface area contributed by atoms with E-state index in [0.29, 0.717) is 0 Å². The third-order valence-electron chi connectivity index (χ3n) is 4.38. The second kappa shape index (κ2) is 7.77. The van der Waals surface area contributed by atoms with Crippen molar-refractivity contribution < 1.29 is 5.11 Å². The number of hydrogen-bond donors (Lipinski definition) is 2. The molecule has 1 heterocycles. The summed E-state index contributed by atoms with van der Waals surface area (Å²) in [6.45, 7) is 9.82. The van der Waals surface area contributed by atoms with E-state index in [-0.39, 0.29) is 6.61 Å². The Hall–Kier alpha value is -0.900. The summed E-state index contributed by atoms with van der Waals surface area (Å²) in [5.41, 5.74) is 4.13. The van der Waals surface area contributed by atoms with E-state index >= 15 is 0 Å². The molecule has 2 rings (SSSR count). The zero-order chi connectivity index (χ0) is 14.4. The molecule has 0 atom stereocenters. The Balaban J connectivity index is 1.70. The molecule has 0 aliphatic carbocycles. The second-order valence-electron chi connectivity index (χ2n) is 6.07. The molecule has 1 fully saturated rings. The van der Waals surface area contributed by atoms with Crippen LogP contribution < -0.4 is 5.32 Å². The number of nitrogens with zero attached hydrogens (tertiary/aromatic N) is 1. The molecule has 0 saturated carbocycles. The van der Waals surface area contributed by atoms with E-state index in [1.807, 2.05) is 0 Å². The normalized spacial score (nSPS) is 17.6. The summed E-state index contributed by atoms with van der Waals surface area (Å²) in [6.07, 6.45) is 2.50. The molecule has 20 heavy (non-hydrogen) atoms. The minimum atomic E-state index is 0.287. The van der Waals surface area contributed by atoms with Crippen LogP contribution in [0.15, 0.2) is 18.2 Å². The topological polar surface area (TPSA) is 35.5 Å². The molecule has 1 aliphatic heterocycles. The van der Waals surface area contributed by atoms with Crippen molar-refractivity contribution in [1.82, 2.24) is 10.2 Å². The van der Waals surface area contributed by atoms with Gasteiger partial charge in [-0.05, 0) is 63.4 Å². The maximum absolute atomic E-state index is 8.95. The minimum Gasteiger partial charge on any atom is -0.395 e. The van der Waals surface area contributed by atoms with Crippen molar-refractivity contribution in [1.29, 1.82) is 0 Å². The van der Waals surface area contributed by atoms with E-state index in [9.17, 15) is 0 Å². The molecule has 112 valence electrons. The van der Waals surface area contributed by atoms with E-state index in [1.165, 1.54) is 29.5 Å². The summed E-state index contributed by atoms with van der Waals surface area (Å²) < 4.78 is 0. The summed E-state index contributed by atoms with van der Waals surface area (Å²) in [7, 11) is 0. The number of aliphatic hydroxyl groups is 1. The van der Waals surface area contributed by atoms with Gasteiger partial charge in [0.15, 0.2) is 0 Å². The zero-order valence-electron chi connectivity index (χ0n) is 12.9. The van der Waals surface area contributed by atoms with Crippen molar-refractivity contribution in [2.45, 2.75) is 33.2 Å². The lowest BCUT2D eigenvalue weighted by Crippen LogP contribution is -2.38. The van der Waals surface area contributed by atoms with Crippen LogP contribution in [0.5, 0.6) is 0 Å². The number of β-amino-alcohol motifs (C(OH)–C–C–N with tert-alkyl or cyclic N) is 1. The van der Waals surface area contributed by atoms with Crippen molar-refractivity contribution in [2.75, 3.05) is 32.8 Å². The molecule has 1 aromatic carbocycles. The molecule has 0 bridgehead atoms. The summed E-state index contributed by atoms with van der Waals surface area (Å²) >= 11 is 0. The van der Waals surface area contributed by atoms with E-state index < -0.39 is 0 Å². The minimum absolute atomic E-state index is 0.287. The standard InChI is InChI=1S/C17H28N2O/c1-14-3-4-15(2)17(11-14)13-18-12-16-5-7-19(8-6-16)9-10-20/h3-4,11,16,18,20H,5-10,12-13H2,1-2H3. The summed E-state index contributed by atoms with van der Waals surface area (Å²) in [5.74, 6) is 0.787. The van der Waals surface area contributed by atoms with Crippen molar-refractivity contribution in [3.63, 3.8) is 0 Å². The maximum atomic E-state index is 8.95. The molecule has 0 amide bonds. The fraction of sp³-hybridized carbons (Fsp3) is 0.647. The van der Waals surface area contributed by atoms with Gasteiger partial charge in [0, 0.05) is 13.1 Å². The average Bonchev–Trinajstić information content (AvgIpc) is 2.45. The molecular weight excluding hydrogens is 248 g/mol. The van der Waals surface area contributed by atoms with Crippen molar-refractivity contribution in [3.8, 4) is 0 Å². The first-order valence-electron chi connectivity index (χ1n) is 7.79. The Bertz CT molecular complexity index is 411. The fourth-order valence-electron chi connectivity index (χ4n) is 2.96. The summed E-state index contributed by atoms with van der Waals surface area (Å²) in [5, 5.41) is 12.6. The van der Waals surface area contributed by atoms with Crippen molar-refractivity contribution in [3.05, 3.63) is 34.9 Å². The van der Waals surface area contributed by atoms with Gasteiger partial charge in [0.25, 0.3) is 0 Å². The third-order valence-corrected chi connectivity index (χ3v) is 4.38. The molecule has 1 saturated heterocycles. The second-order valence-corrected chi connectivity index (χ2v) is 6.07. The Morgan fingerprint density at radius 1 is 1.25 bits per heavy atom. The highest BCUT2D eigenvalue weighted by Gasteiger charge is 2.18. The number of nitrogens with one attached hydrogen (secondary N) is 1. The van der Waals surface area contributed by atoms with E-state index in [1.54, 1.807) is 0 Å². The Kier molecular flexibility index (Phi) is 6.02. The lowest BCUT2D eigenvalue weighted by atomic mass is 9.96. The van der Waals surface area contributed by atoms with Gasteiger partial charge >= 0.3 is 0 Å². The number of piperidine rings is 1. The van der Waals surface area contributed by atoms with Crippen LogP contribution in [0.2, 0.25) is 0 Å². The first-order chi connectivity index (χ1) is 9.69. The summed E-state index contributed by atoms with van der Waals surface area (Å²) in [6, 6.07) is 6.67. The monoisotopic (exact) mass is 276 g/mol. The smallest absolute Gasteiger partial charge is 0.0558 e. The molecule has 0 spiro atoms. The van der Waals surface area contributed by atoms with Crippen LogP contribution >= 0.6 is 0 Å². The highest BCUT2D eigenvalue weighted by Crippen LogP contribution is 2.16. The maximum Gasteiger partial charge on any atom is 0.0558 e. The molecule has 3 nitrogen and oxygen atoms in total. The number of likely N-dealkylation sites (tertiary alicyclic amines) is 1. The first kappa shape index (κ1) is 15.5. The van der Waals surface area contributed by atoms with Gasteiger partial charge in [0.2, 0.25) is 0 Å². The number of hydrogen-bond acceptors (Lipinski definition) is 3. The lowest BCUT2D eigenvalue weighted by Gasteiger charge is -2.31. The van der Waals surface area contributed by atoms with E-state index in [4.69, 9.17) is 5.11 Å². The highest BCUT2D eigenvalue weighted by atomic mass is 16.3. The number of benzene rings is 1. The molecule has 0 aromatic heterocycles. The van der Waals surface area contributed by atoms with Crippen LogP contribution in [0.1, 0.15) is 29.5 Å². The average molecular weight is 276 g/mol. The van der Waals surface area contributed by atoms with Crippen LogP contribution in [0.4, 0.5) is 0 Å². The molecule has 1 aromatic rings. The SMILES string of the molecule is Cc1ccc(C)c(CNCC2CCN(CCO)CC2)c1.